The number of rotatable bonds is 5. The van der Waals surface area contributed by atoms with Crippen LogP contribution < -0.4 is 10.6 Å². The van der Waals surface area contributed by atoms with Crippen LogP contribution in [-0.2, 0) is 9.30 Å². The third-order valence-corrected chi connectivity index (χ3v) is 9.52. The Morgan fingerprint density at radius 2 is 1.38 bits per heavy atom. The Labute approximate surface area is 158 Å². The van der Waals surface area contributed by atoms with Crippen LogP contribution in [0.15, 0.2) is 60.7 Å². The highest BCUT2D eigenvalue weighted by atomic mass is 31.2. The summed E-state index contributed by atoms with van der Waals surface area (Å²) in [5.41, 5.74) is 0. The van der Waals surface area contributed by atoms with E-state index in [9.17, 15) is 4.57 Å². The van der Waals surface area contributed by atoms with Crippen LogP contribution in [0.3, 0.4) is 0 Å². The molecular weight excluding hydrogens is 339 g/mol. The fourth-order valence-electron chi connectivity index (χ4n) is 4.96. The fourth-order valence-corrected chi connectivity index (χ4v) is 8.28. The van der Waals surface area contributed by atoms with E-state index in [1.807, 2.05) is 67.8 Å². The van der Waals surface area contributed by atoms with Crippen LogP contribution in [0.5, 0.6) is 0 Å². The first kappa shape index (κ1) is 19.4. The molecule has 5 atom stereocenters. The van der Waals surface area contributed by atoms with Crippen molar-refractivity contribution in [3.05, 3.63) is 60.7 Å². The lowest BCUT2D eigenvalue weighted by atomic mass is 9.68. The monoisotopic (exact) mass is 370 g/mol. The van der Waals surface area contributed by atoms with Gasteiger partial charge in [-0.05, 0) is 30.1 Å². The number of methoxy groups -OCH3 is 1. The Morgan fingerprint density at radius 3 is 1.85 bits per heavy atom. The van der Waals surface area contributed by atoms with E-state index < -0.39 is 7.14 Å². The first-order chi connectivity index (χ1) is 12.5. The van der Waals surface area contributed by atoms with Crippen LogP contribution in [0, 0.1) is 23.7 Å². The minimum Gasteiger partial charge on any atom is -0.381 e. The maximum absolute atomic E-state index is 14.4. The van der Waals surface area contributed by atoms with Crippen molar-refractivity contribution in [2.75, 3.05) is 13.3 Å². The normalized spacial score (nSPS) is 29.5. The van der Waals surface area contributed by atoms with Gasteiger partial charge in [0.15, 0.2) is 0 Å². The Bertz CT molecular complexity index is 700. The molecule has 0 saturated heterocycles. The average molecular weight is 370 g/mol. The highest BCUT2D eigenvalue weighted by molar-refractivity contribution is 7.78. The molecule has 140 valence electrons. The van der Waals surface area contributed by atoms with E-state index in [2.05, 4.69) is 20.8 Å². The van der Waals surface area contributed by atoms with Gasteiger partial charge in [0.1, 0.15) is 7.14 Å². The molecule has 0 radical (unpaired) electrons. The van der Waals surface area contributed by atoms with Gasteiger partial charge in [-0.1, -0.05) is 81.4 Å². The van der Waals surface area contributed by atoms with E-state index >= 15 is 0 Å². The van der Waals surface area contributed by atoms with Crippen molar-refractivity contribution in [3.8, 4) is 0 Å². The number of benzene rings is 2. The minimum absolute atomic E-state index is 0.246. The molecule has 5 unspecified atom stereocenters. The van der Waals surface area contributed by atoms with E-state index in [0.717, 1.165) is 23.2 Å². The zero-order chi connectivity index (χ0) is 18.7. The van der Waals surface area contributed by atoms with Gasteiger partial charge in [0.2, 0.25) is 0 Å². The van der Waals surface area contributed by atoms with Crippen LogP contribution in [-0.4, -0.2) is 19.4 Å². The van der Waals surface area contributed by atoms with Gasteiger partial charge in [-0.25, -0.2) is 0 Å². The molecule has 0 heterocycles. The third-order valence-electron chi connectivity index (χ3n) is 6.32. The predicted molar refractivity (Wildman–Crippen MR) is 111 cm³/mol. The van der Waals surface area contributed by atoms with Gasteiger partial charge in [0.05, 0.1) is 6.10 Å². The summed E-state index contributed by atoms with van der Waals surface area (Å²) in [6, 6.07) is 20.1. The highest BCUT2D eigenvalue weighted by Gasteiger charge is 2.43. The van der Waals surface area contributed by atoms with Crippen molar-refractivity contribution < 1.29 is 9.30 Å². The van der Waals surface area contributed by atoms with Crippen molar-refractivity contribution in [3.63, 3.8) is 0 Å². The van der Waals surface area contributed by atoms with Crippen molar-refractivity contribution in [2.24, 2.45) is 23.7 Å². The second kappa shape index (κ2) is 8.11. The molecule has 1 saturated carbocycles. The zero-order valence-electron chi connectivity index (χ0n) is 16.3. The second-order valence-electron chi connectivity index (χ2n) is 8.01. The lowest BCUT2D eigenvalue weighted by molar-refractivity contribution is -0.0466. The molecule has 26 heavy (non-hydrogen) atoms. The molecule has 0 spiro atoms. The summed E-state index contributed by atoms with van der Waals surface area (Å²) in [5, 5.41) is 1.94. The summed E-state index contributed by atoms with van der Waals surface area (Å²) in [6.45, 7) is 6.89. The number of hydrogen-bond donors (Lipinski definition) is 0. The molecule has 2 nitrogen and oxygen atoms in total. The number of hydrogen-bond acceptors (Lipinski definition) is 2. The second-order valence-corrected chi connectivity index (χ2v) is 10.9. The van der Waals surface area contributed by atoms with Crippen LogP contribution >= 0.6 is 7.14 Å². The quantitative estimate of drug-likeness (QED) is 0.697. The molecule has 1 aliphatic carbocycles. The standard InChI is InChI=1S/C23H31O2P/c1-17-15-18(2)23(25-4)19(3)22(17)16-26(24,20-11-7-5-8-12-20)21-13-9-6-10-14-21/h5-14,17-19,22-23H,15-16H2,1-4H3. The third kappa shape index (κ3) is 3.68. The zero-order valence-corrected chi connectivity index (χ0v) is 17.2. The maximum atomic E-state index is 14.4. The van der Waals surface area contributed by atoms with Crippen LogP contribution in [0.25, 0.3) is 0 Å². The molecule has 1 aliphatic rings. The van der Waals surface area contributed by atoms with Gasteiger partial charge in [-0.2, -0.15) is 0 Å². The Kier molecular flexibility index (Phi) is 6.05. The largest absolute Gasteiger partial charge is 0.381 e. The van der Waals surface area contributed by atoms with E-state index in [1.165, 1.54) is 0 Å². The molecule has 0 bridgehead atoms. The predicted octanol–water partition coefficient (Wildman–Crippen LogP) is 4.94. The lowest BCUT2D eigenvalue weighted by Gasteiger charge is -2.44. The molecule has 3 heteroatoms. The number of ether oxygens (including phenoxy) is 1. The molecular formula is C23H31O2P. The average Bonchev–Trinajstić information content (AvgIpc) is 2.66. The summed E-state index contributed by atoms with van der Waals surface area (Å²) >= 11 is 0. The Hall–Kier alpha value is -1.37. The molecule has 0 amide bonds. The molecule has 3 rings (SSSR count). The fraction of sp³-hybridized carbons (Fsp3) is 0.478. The molecule has 0 aromatic heterocycles. The van der Waals surface area contributed by atoms with E-state index in [0.29, 0.717) is 23.7 Å². The summed E-state index contributed by atoms with van der Waals surface area (Å²) in [4.78, 5) is 0. The maximum Gasteiger partial charge on any atom is 0.143 e. The van der Waals surface area contributed by atoms with Crippen LogP contribution in [0.2, 0.25) is 0 Å². The Morgan fingerprint density at radius 1 is 0.885 bits per heavy atom. The first-order valence-electron chi connectivity index (χ1n) is 9.70. The molecule has 0 N–H and O–H groups in total. The van der Waals surface area contributed by atoms with E-state index in [1.54, 1.807) is 0 Å². The van der Waals surface area contributed by atoms with Crippen molar-refractivity contribution >= 4 is 17.8 Å². The van der Waals surface area contributed by atoms with Crippen LogP contribution in [0.1, 0.15) is 27.2 Å². The van der Waals surface area contributed by atoms with Gasteiger partial charge in [-0.15, -0.1) is 0 Å². The van der Waals surface area contributed by atoms with Gasteiger partial charge < -0.3 is 9.30 Å². The van der Waals surface area contributed by atoms with E-state index in [-0.39, 0.29) is 6.10 Å². The van der Waals surface area contributed by atoms with Crippen LogP contribution in [0.4, 0.5) is 0 Å². The lowest BCUT2D eigenvalue weighted by Crippen LogP contribution is -2.44. The van der Waals surface area contributed by atoms with Gasteiger partial charge in [0, 0.05) is 23.9 Å². The Balaban J connectivity index is 2.00. The highest BCUT2D eigenvalue weighted by Crippen LogP contribution is 2.51. The molecule has 2 aromatic carbocycles. The summed E-state index contributed by atoms with van der Waals surface area (Å²) in [6.07, 6.45) is 2.10. The smallest absolute Gasteiger partial charge is 0.143 e. The van der Waals surface area contributed by atoms with Crippen molar-refractivity contribution in [1.29, 1.82) is 0 Å². The molecule has 2 aromatic rings. The minimum atomic E-state index is -2.68. The summed E-state index contributed by atoms with van der Waals surface area (Å²) in [7, 11) is -0.861. The first-order valence-corrected chi connectivity index (χ1v) is 11.6. The summed E-state index contributed by atoms with van der Waals surface area (Å²) < 4.78 is 20.2. The van der Waals surface area contributed by atoms with E-state index in [4.69, 9.17) is 4.74 Å². The van der Waals surface area contributed by atoms with Gasteiger partial charge in [0.25, 0.3) is 0 Å². The molecule has 0 aliphatic heterocycles. The van der Waals surface area contributed by atoms with Crippen molar-refractivity contribution in [1.82, 2.24) is 0 Å². The van der Waals surface area contributed by atoms with Crippen molar-refractivity contribution in [2.45, 2.75) is 33.3 Å². The topological polar surface area (TPSA) is 26.3 Å². The van der Waals surface area contributed by atoms with Gasteiger partial charge >= 0.3 is 0 Å². The molecule has 1 fully saturated rings. The van der Waals surface area contributed by atoms with Gasteiger partial charge in [-0.3, -0.25) is 0 Å². The SMILES string of the molecule is COC1C(C)CC(C)C(CP(=O)(c2ccccc2)c2ccccc2)C1C. The summed E-state index contributed by atoms with van der Waals surface area (Å²) in [5.74, 6) is 1.89.